The fourth-order valence-corrected chi connectivity index (χ4v) is 4.33. The minimum atomic E-state index is -3.66. The van der Waals surface area contributed by atoms with Crippen LogP contribution in [0.5, 0.6) is 0 Å². The summed E-state index contributed by atoms with van der Waals surface area (Å²) in [5, 5.41) is 0. The standard InChI is InChI=1S/C17H17N3O3S/c1-20-16-8-6-13(10-15(16)18-17(20)21)19-24(22,23)14-7-5-11-3-2-4-12(11)9-14/h5-10,19H,2-4H2,1H3,(H,18,21). The van der Waals surface area contributed by atoms with E-state index in [0.717, 1.165) is 30.3 Å². The molecule has 0 bridgehead atoms. The number of aromatic amines is 1. The van der Waals surface area contributed by atoms with Crippen molar-refractivity contribution in [3.8, 4) is 0 Å². The molecule has 124 valence electrons. The maximum Gasteiger partial charge on any atom is 0.326 e. The summed E-state index contributed by atoms with van der Waals surface area (Å²) in [5.74, 6) is 0. The summed E-state index contributed by atoms with van der Waals surface area (Å²) in [4.78, 5) is 14.6. The molecule has 24 heavy (non-hydrogen) atoms. The molecule has 1 aromatic heterocycles. The van der Waals surface area contributed by atoms with Crippen LogP contribution in [-0.4, -0.2) is 18.0 Å². The number of rotatable bonds is 3. The van der Waals surface area contributed by atoms with Crippen LogP contribution in [0.15, 0.2) is 46.1 Å². The average molecular weight is 343 g/mol. The third kappa shape index (κ3) is 2.41. The summed E-state index contributed by atoms with van der Waals surface area (Å²) in [6, 6.07) is 10.3. The molecule has 0 atom stereocenters. The minimum absolute atomic E-state index is 0.233. The normalized spacial score (nSPS) is 14.0. The second kappa shape index (κ2) is 5.24. The van der Waals surface area contributed by atoms with Crippen LogP contribution in [0.4, 0.5) is 5.69 Å². The molecule has 1 heterocycles. The summed E-state index contributed by atoms with van der Waals surface area (Å²) >= 11 is 0. The highest BCUT2D eigenvalue weighted by Crippen LogP contribution is 2.26. The van der Waals surface area contributed by atoms with E-state index in [1.165, 1.54) is 10.1 Å². The summed E-state index contributed by atoms with van der Waals surface area (Å²) < 4.78 is 29.3. The number of sulfonamides is 1. The van der Waals surface area contributed by atoms with Gasteiger partial charge in [0.25, 0.3) is 10.0 Å². The summed E-state index contributed by atoms with van der Waals surface area (Å²) in [5.41, 5.74) is 3.85. The van der Waals surface area contributed by atoms with Crippen molar-refractivity contribution in [2.75, 3.05) is 4.72 Å². The molecule has 6 nitrogen and oxygen atoms in total. The van der Waals surface area contributed by atoms with Crippen molar-refractivity contribution >= 4 is 26.7 Å². The monoisotopic (exact) mass is 343 g/mol. The lowest BCUT2D eigenvalue weighted by Gasteiger charge is -2.10. The van der Waals surface area contributed by atoms with Gasteiger partial charge in [0.05, 0.1) is 21.6 Å². The van der Waals surface area contributed by atoms with Gasteiger partial charge in [0.15, 0.2) is 0 Å². The molecule has 1 aliphatic carbocycles. The molecule has 2 aromatic carbocycles. The van der Waals surface area contributed by atoms with Crippen molar-refractivity contribution in [3.63, 3.8) is 0 Å². The first kappa shape index (κ1) is 15.0. The van der Waals surface area contributed by atoms with Gasteiger partial charge < -0.3 is 4.98 Å². The van der Waals surface area contributed by atoms with Crippen LogP contribution in [0.25, 0.3) is 11.0 Å². The number of benzene rings is 2. The van der Waals surface area contributed by atoms with Crippen molar-refractivity contribution in [1.29, 1.82) is 0 Å². The van der Waals surface area contributed by atoms with Gasteiger partial charge in [-0.3, -0.25) is 9.29 Å². The zero-order valence-electron chi connectivity index (χ0n) is 13.2. The van der Waals surface area contributed by atoms with E-state index in [1.807, 2.05) is 6.07 Å². The predicted molar refractivity (Wildman–Crippen MR) is 92.8 cm³/mol. The number of fused-ring (bicyclic) bond motifs is 2. The Bertz CT molecular complexity index is 1110. The number of imidazole rings is 1. The Kier molecular flexibility index (Phi) is 3.28. The number of H-pyrrole nitrogens is 1. The minimum Gasteiger partial charge on any atom is -0.305 e. The SMILES string of the molecule is Cn1c(=O)[nH]c2cc(NS(=O)(=O)c3ccc4c(c3)CCC4)ccc21. The number of anilines is 1. The molecule has 7 heteroatoms. The lowest BCUT2D eigenvalue weighted by molar-refractivity contribution is 0.601. The Morgan fingerprint density at radius 1 is 1.08 bits per heavy atom. The van der Waals surface area contributed by atoms with Gasteiger partial charge in [0, 0.05) is 7.05 Å². The fourth-order valence-electron chi connectivity index (χ4n) is 3.23. The van der Waals surface area contributed by atoms with Gasteiger partial charge in [0.2, 0.25) is 0 Å². The number of hydrogen-bond acceptors (Lipinski definition) is 3. The molecule has 0 unspecified atom stereocenters. The Labute approximate surface area is 139 Å². The van der Waals surface area contributed by atoms with E-state index in [4.69, 9.17) is 0 Å². The second-order valence-electron chi connectivity index (χ2n) is 6.11. The zero-order chi connectivity index (χ0) is 16.9. The molecular weight excluding hydrogens is 326 g/mol. The van der Waals surface area contributed by atoms with Gasteiger partial charge in [-0.1, -0.05) is 6.07 Å². The van der Waals surface area contributed by atoms with E-state index in [2.05, 4.69) is 9.71 Å². The van der Waals surface area contributed by atoms with Gasteiger partial charge >= 0.3 is 5.69 Å². The zero-order valence-corrected chi connectivity index (χ0v) is 14.0. The first-order chi connectivity index (χ1) is 11.4. The highest BCUT2D eigenvalue weighted by molar-refractivity contribution is 7.92. The molecule has 0 saturated heterocycles. The molecular formula is C17H17N3O3S. The van der Waals surface area contributed by atoms with Crippen LogP contribution in [0.3, 0.4) is 0 Å². The van der Waals surface area contributed by atoms with Gasteiger partial charge in [0.1, 0.15) is 0 Å². The van der Waals surface area contributed by atoms with Crippen LogP contribution in [0, 0.1) is 0 Å². The van der Waals surface area contributed by atoms with Gasteiger partial charge in [-0.05, 0) is 60.7 Å². The van der Waals surface area contributed by atoms with E-state index in [9.17, 15) is 13.2 Å². The van der Waals surface area contributed by atoms with E-state index >= 15 is 0 Å². The number of nitrogens with zero attached hydrogens (tertiary/aromatic N) is 1. The van der Waals surface area contributed by atoms with Crippen molar-refractivity contribution < 1.29 is 8.42 Å². The van der Waals surface area contributed by atoms with Crippen molar-refractivity contribution in [2.24, 2.45) is 7.05 Å². The van der Waals surface area contributed by atoms with E-state index in [-0.39, 0.29) is 10.6 Å². The van der Waals surface area contributed by atoms with Gasteiger partial charge in [-0.25, -0.2) is 13.2 Å². The highest BCUT2D eigenvalue weighted by Gasteiger charge is 2.19. The van der Waals surface area contributed by atoms with Crippen molar-refractivity contribution in [3.05, 3.63) is 58.0 Å². The molecule has 0 amide bonds. The molecule has 0 saturated carbocycles. The Morgan fingerprint density at radius 2 is 1.88 bits per heavy atom. The molecule has 3 aromatic rings. The van der Waals surface area contributed by atoms with Crippen LogP contribution in [0.1, 0.15) is 17.5 Å². The molecule has 0 radical (unpaired) electrons. The summed E-state index contributed by atoms with van der Waals surface area (Å²) in [7, 11) is -1.99. The number of hydrogen-bond donors (Lipinski definition) is 2. The van der Waals surface area contributed by atoms with E-state index in [1.54, 1.807) is 37.4 Å². The van der Waals surface area contributed by atoms with Crippen molar-refractivity contribution in [2.45, 2.75) is 24.2 Å². The average Bonchev–Trinajstić information content (AvgIpc) is 3.11. The van der Waals surface area contributed by atoms with Crippen molar-refractivity contribution in [1.82, 2.24) is 9.55 Å². The smallest absolute Gasteiger partial charge is 0.305 e. The first-order valence-electron chi connectivity index (χ1n) is 7.77. The number of nitrogens with one attached hydrogen (secondary N) is 2. The third-order valence-corrected chi connectivity index (χ3v) is 5.92. The molecule has 0 spiro atoms. The lowest BCUT2D eigenvalue weighted by Crippen LogP contribution is -2.13. The summed E-state index contributed by atoms with van der Waals surface area (Å²) in [6.45, 7) is 0. The third-order valence-electron chi connectivity index (χ3n) is 4.54. The maximum absolute atomic E-state index is 12.6. The van der Waals surface area contributed by atoms with E-state index < -0.39 is 10.0 Å². The molecule has 2 N–H and O–H groups in total. The van der Waals surface area contributed by atoms with Crippen LogP contribution < -0.4 is 10.4 Å². The van der Waals surface area contributed by atoms with E-state index in [0.29, 0.717) is 11.2 Å². The molecule has 0 fully saturated rings. The van der Waals surface area contributed by atoms with Crippen LogP contribution >= 0.6 is 0 Å². The Hall–Kier alpha value is -2.54. The Morgan fingerprint density at radius 3 is 2.71 bits per heavy atom. The van der Waals surface area contributed by atoms with Gasteiger partial charge in [-0.15, -0.1) is 0 Å². The topological polar surface area (TPSA) is 84.0 Å². The first-order valence-corrected chi connectivity index (χ1v) is 9.26. The maximum atomic E-state index is 12.6. The predicted octanol–water partition coefficient (Wildman–Crippen LogP) is 2.16. The van der Waals surface area contributed by atoms with Crippen LogP contribution in [-0.2, 0) is 29.9 Å². The lowest BCUT2D eigenvalue weighted by atomic mass is 10.1. The largest absolute Gasteiger partial charge is 0.326 e. The van der Waals surface area contributed by atoms with Crippen LogP contribution in [0.2, 0.25) is 0 Å². The second-order valence-corrected chi connectivity index (χ2v) is 7.79. The fraction of sp³-hybridized carbons (Fsp3) is 0.235. The summed E-state index contributed by atoms with van der Waals surface area (Å²) in [6.07, 6.45) is 3.02. The highest BCUT2D eigenvalue weighted by atomic mass is 32.2. The molecule has 4 rings (SSSR count). The van der Waals surface area contributed by atoms with Gasteiger partial charge in [-0.2, -0.15) is 0 Å². The number of aromatic nitrogens is 2. The molecule has 0 aliphatic heterocycles. The quantitative estimate of drug-likeness (QED) is 0.764. The molecule has 1 aliphatic rings. The Balaban J connectivity index is 1.70. The number of aryl methyl sites for hydroxylation is 3.